The van der Waals surface area contributed by atoms with Gasteiger partial charge in [0, 0.05) is 52.3 Å². The number of rotatable bonds is 10. The molecule has 0 atom stereocenters. The van der Waals surface area contributed by atoms with Crippen molar-refractivity contribution in [3.63, 3.8) is 0 Å². The highest BCUT2D eigenvalue weighted by Gasteiger charge is 2.20. The van der Waals surface area contributed by atoms with Gasteiger partial charge in [-0.15, -0.1) is 11.3 Å². The second-order valence-corrected chi connectivity index (χ2v) is 10.5. The van der Waals surface area contributed by atoms with Crippen LogP contribution in [-0.2, 0) is 19.5 Å². The summed E-state index contributed by atoms with van der Waals surface area (Å²) < 4.78 is 7.39. The first-order valence-electron chi connectivity index (χ1n) is 12.9. The van der Waals surface area contributed by atoms with E-state index in [1.165, 1.54) is 24.5 Å². The van der Waals surface area contributed by atoms with Crippen molar-refractivity contribution in [3.05, 3.63) is 105 Å². The Kier molecular flexibility index (Phi) is 7.84. The molecule has 5 rings (SSSR count). The first-order valence-corrected chi connectivity index (χ1v) is 13.8. The lowest BCUT2D eigenvalue weighted by Gasteiger charge is -2.15. The fourth-order valence-corrected chi connectivity index (χ4v) is 5.46. The van der Waals surface area contributed by atoms with Gasteiger partial charge in [0.15, 0.2) is 0 Å². The Labute approximate surface area is 240 Å². The molecule has 0 aliphatic rings. The average Bonchev–Trinajstić information content (AvgIpc) is 3.63. The molecule has 0 spiro atoms. The number of fused-ring (bicyclic) bond motifs is 1. The number of carbonyl (C=O) groups is 2. The Hall–Kier alpha value is -4.96. The summed E-state index contributed by atoms with van der Waals surface area (Å²) in [7, 11) is 1.49. The third-order valence-electron chi connectivity index (χ3n) is 7.02. The molecule has 9 nitrogen and oxygen atoms in total. The lowest BCUT2D eigenvalue weighted by Crippen LogP contribution is -2.22. The van der Waals surface area contributed by atoms with Crippen molar-refractivity contribution >= 4 is 40.0 Å². The molecule has 2 heterocycles. The number of nitrogens with two attached hydrogens (primary N) is 1. The van der Waals surface area contributed by atoms with Crippen molar-refractivity contribution in [3.8, 4) is 16.9 Å². The Morgan fingerprint density at radius 2 is 1.88 bits per heavy atom. The maximum absolute atomic E-state index is 13.1. The summed E-state index contributed by atoms with van der Waals surface area (Å²) in [5.74, 6) is -0.928. The first-order chi connectivity index (χ1) is 19.8. The Bertz CT molecular complexity index is 1780. The predicted octanol–water partition coefficient (Wildman–Crippen LogP) is 5.30. The van der Waals surface area contributed by atoms with Crippen LogP contribution in [0.15, 0.2) is 72.5 Å². The molecule has 0 saturated heterocycles. The van der Waals surface area contributed by atoms with E-state index < -0.39 is 5.97 Å². The van der Waals surface area contributed by atoms with Gasteiger partial charge in [-0.1, -0.05) is 18.2 Å². The van der Waals surface area contributed by atoms with Crippen LogP contribution in [0.3, 0.4) is 0 Å². The molecule has 2 aromatic heterocycles. The minimum absolute atomic E-state index is 0.00417. The Morgan fingerprint density at radius 3 is 2.56 bits per heavy atom. The van der Waals surface area contributed by atoms with Gasteiger partial charge in [0.2, 0.25) is 0 Å². The Morgan fingerprint density at radius 1 is 1.07 bits per heavy atom. The van der Waals surface area contributed by atoms with Crippen LogP contribution < -0.4 is 15.8 Å². The van der Waals surface area contributed by atoms with Crippen LogP contribution in [0.2, 0.25) is 0 Å². The van der Waals surface area contributed by atoms with E-state index in [1.54, 1.807) is 36.0 Å². The molecular formula is C31H29N5O4S. The van der Waals surface area contributed by atoms with Crippen LogP contribution in [0, 0.1) is 5.41 Å². The van der Waals surface area contributed by atoms with E-state index >= 15 is 0 Å². The fourth-order valence-electron chi connectivity index (χ4n) is 4.93. The van der Waals surface area contributed by atoms with Crippen molar-refractivity contribution < 1.29 is 19.4 Å². The molecule has 0 unspecified atom stereocenters. The number of benzene rings is 3. The number of carboxylic acids is 1. The molecule has 41 heavy (non-hydrogen) atoms. The summed E-state index contributed by atoms with van der Waals surface area (Å²) in [6, 6.07) is 16.0. The molecule has 10 heteroatoms. The van der Waals surface area contributed by atoms with E-state index in [0.717, 1.165) is 33.5 Å². The molecule has 1 amide bonds. The first kappa shape index (κ1) is 27.6. The van der Waals surface area contributed by atoms with Gasteiger partial charge in [0.05, 0.1) is 24.7 Å². The third-order valence-corrected chi connectivity index (χ3v) is 7.80. The number of amidine groups is 1. The zero-order valence-corrected chi connectivity index (χ0v) is 23.4. The molecule has 3 aromatic carbocycles. The molecular weight excluding hydrogens is 538 g/mol. The number of nitrogen functional groups attached to an aromatic ring is 1. The molecule has 5 N–H and O–H groups in total. The van der Waals surface area contributed by atoms with Crippen LogP contribution >= 0.6 is 11.3 Å². The van der Waals surface area contributed by atoms with Gasteiger partial charge < -0.3 is 25.5 Å². The van der Waals surface area contributed by atoms with Gasteiger partial charge in [-0.25, -0.2) is 4.79 Å². The highest BCUT2D eigenvalue weighted by Crippen LogP contribution is 2.34. The van der Waals surface area contributed by atoms with Crippen molar-refractivity contribution in [2.24, 2.45) is 5.73 Å². The van der Waals surface area contributed by atoms with E-state index in [-0.39, 0.29) is 17.3 Å². The topological polar surface area (TPSA) is 143 Å². The maximum atomic E-state index is 13.1. The number of carboxylic acid groups (broad SMARTS) is 1. The van der Waals surface area contributed by atoms with Gasteiger partial charge in [-0.2, -0.15) is 0 Å². The summed E-state index contributed by atoms with van der Waals surface area (Å²) in [6.07, 6.45) is 4.27. The normalized spacial score (nSPS) is 11.0. The summed E-state index contributed by atoms with van der Waals surface area (Å²) >= 11 is 1.46. The number of methoxy groups -OCH3 is 1. The van der Waals surface area contributed by atoms with E-state index in [0.29, 0.717) is 41.0 Å². The number of nitrogens with zero attached hydrogens (tertiary/aromatic N) is 2. The second kappa shape index (κ2) is 11.6. The molecule has 0 radical (unpaired) electrons. The zero-order chi connectivity index (χ0) is 29.1. The quantitative estimate of drug-likeness (QED) is 0.133. The number of carbonyl (C=O) groups excluding carboxylic acids is 1. The van der Waals surface area contributed by atoms with Crippen LogP contribution in [0.25, 0.3) is 22.0 Å². The van der Waals surface area contributed by atoms with Gasteiger partial charge in [-0.05, 0) is 65.6 Å². The van der Waals surface area contributed by atoms with Crippen molar-refractivity contribution in [1.82, 2.24) is 14.9 Å². The van der Waals surface area contributed by atoms with E-state index in [4.69, 9.17) is 15.9 Å². The number of nitrogens with one attached hydrogen (secondary N) is 2. The smallest absolute Gasteiger partial charge is 0.336 e. The highest BCUT2D eigenvalue weighted by atomic mass is 32.1. The minimum Gasteiger partial charge on any atom is -0.497 e. The van der Waals surface area contributed by atoms with Crippen LogP contribution in [0.4, 0.5) is 0 Å². The highest BCUT2D eigenvalue weighted by molar-refractivity contribution is 7.09. The van der Waals surface area contributed by atoms with Crippen molar-refractivity contribution in [2.45, 2.75) is 26.4 Å². The molecule has 5 aromatic rings. The van der Waals surface area contributed by atoms with Crippen molar-refractivity contribution in [1.29, 1.82) is 5.41 Å². The zero-order valence-electron chi connectivity index (χ0n) is 22.6. The second-order valence-electron chi connectivity index (χ2n) is 9.50. The molecule has 0 aliphatic carbocycles. The number of amides is 1. The largest absolute Gasteiger partial charge is 0.497 e. The van der Waals surface area contributed by atoms with E-state index in [9.17, 15) is 14.7 Å². The van der Waals surface area contributed by atoms with Crippen LogP contribution in [0.1, 0.15) is 49.2 Å². The molecule has 0 bridgehead atoms. The lowest BCUT2D eigenvalue weighted by atomic mass is 9.90. The van der Waals surface area contributed by atoms with Gasteiger partial charge >= 0.3 is 5.97 Å². The molecule has 0 saturated carbocycles. The minimum atomic E-state index is -1.09. The van der Waals surface area contributed by atoms with Crippen LogP contribution in [-0.4, -0.2) is 39.5 Å². The molecule has 0 aliphatic heterocycles. The summed E-state index contributed by atoms with van der Waals surface area (Å²) in [5, 5.41) is 21.8. The number of aryl methyl sites for hydroxylation is 1. The van der Waals surface area contributed by atoms with Crippen LogP contribution in [0.5, 0.6) is 5.75 Å². The van der Waals surface area contributed by atoms with Gasteiger partial charge in [0.25, 0.3) is 5.91 Å². The number of hydrogen-bond acceptors (Lipinski definition) is 6. The third kappa shape index (κ3) is 5.68. The van der Waals surface area contributed by atoms with Gasteiger partial charge in [-0.3, -0.25) is 15.2 Å². The summed E-state index contributed by atoms with van der Waals surface area (Å²) in [5.41, 5.74) is 12.6. The standard InChI is InChI=1S/C31H29N5O4S/c1-3-36-16-21(24-8-6-19(29(32)33)12-28(24)36)10-18-4-5-20(30(37)35-15-23-14-34-17-41-23)11-26(18)25-9-7-22(40-2)13-27(25)31(38)39/h4-9,11-14,16-17H,3,10,15H2,1-2H3,(H3,32,33)(H,35,37)(H,38,39). The predicted molar refractivity (Wildman–Crippen MR) is 160 cm³/mol. The monoisotopic (exact) mass is 567 g/mol. The number of aromatic nitrogens is 2. The number of thiazole rings is 1. The Balaban J connectivity index is 1.61. The number of aromatic carboxylic acids is 1. The molecule has 208 valence electrons. The van der Waals surface area contributed by atoms with E-state index in [2.05, 4.69) is 21.1 Å². The lowest BCUT2D eigenvalue weighted by molar-refractivity contribution is 0.0697. The maximum Gasteiger partial charge on any atom is 0.336 e. The van der Waals surface area contributed by atoms with Gasteiger partial charge in [0.1, 0.15) is 11.6 Å². The van der Waals surface area contributed by atoms with Crippen molar-refractivity contribution in [2.75, 3.05) is 7.11 Å². The average molecular weight is 568 g/mol. The fraction of sp³-hybridized carbons (Fsp3) is 0.161. The van der Waals surface area contributed by atoms with E-state index in [1.807, 2.05) is 31.2 Å². The SMILES string of the molecule is CCn1cc(Cc2ccc(C(=O)NCc3cncs3)cc2-c2ccc(OC)cc2C(=O)O)c2ccc(C(=N)N)cc21. The summed E-state index contributed by atoms with van der Waals surface area (Å²) in [4.78, 5) is 30.4. The number of ether oxygens (including phenoxy) is 1. The summed E-state index contributed by atoms with van der Waals surface area (Å²) in [6.45, 7) is 3.12. The number of hydrogen-bond donors (Lipinski definition) is 4. The molecule has 0 fully saturated rings.